The van der Waals surface area contributed by atoms with Crippen LogP contribution in [0.25, 0.3) is 0 Å². The van der Waals surface area contributed by atoms with Crippen LogP contribution in [-0.2, 0) is 25.2 Å². The van der Waals surface area contributed by atoms with Crippen molar-refractivity contribution < 1.29 is 19.1 Å². The van der Waals surface area contributed by atoms with Crippen LogP contribution in [0.3, 0.4) is 0 Å². The van der Waals surface area contributed by atoms with Crippen LogP contribution in [-0.4, -0.2) is 18.5 Å². The van der Waals surface area contributed by atoms with Crippen LogP contribution < -0.4 is 4.74 Å². The summed E-state index contributed by atoms with van der Waals surface area (Å²) < 4.78 is 11.3. The zero-order valence-electron chi connectivity index (χ0n) is 19.0. The normalized spacial score (nSPS) is 17.3. The molecule has 0 bridgehead atoms. The number of ether oxygens (including phenoxy) is 2. The van der Waals surface area contributed by atoms with Gasteiger partial charge in [0.1, 0.15) is 18.3 Å². The largest absolute Gasteiger partial charge is 0.464 e. The van der Waals surface area contributed by atoms with Gasteiger partial charge in [0.25, 0.3) is 0 Å². The molecule has 1 heterocycles. The van der Waals surface area contributed by atoms with Crippen molar-refractivity contribution in [3.8, 4) is 5.75 Å². The highest BCUT2D eigenvalue weighted by atomic mass is 16.6. The number of esters is 2. The third-order valence-corrected chi connectivity index (χ3v) is 6.09. The molecule has 156 valence electrons. The Morgan fingerprint density at radius 2 is 1.57 bits per heavy atom. The molecular weight excluding hydrogens is 352 g/mol. The van der Waals surface area contributed by atoms with Gasteiger partial charge in [-0.05, 0) is 36.2 Å². The van der Waals surface area contributed by atoms with Gasteiger partial charge in [-0.25, -0.2) is 0 Å². The first-order chi connectivity index (χ1) is 12.7. The second-order valence-electron chi connectivity index (χ2n) is 10.3. The van der Waals surface area contributed by atoms with Crippen molar-refractivity contribution in [2.75, 3.05) is 6.61 Å². The van der Waals surface area contributed by atoms with Crippen LogP contribution in [0.15, 0.2) is 12.1 Å². The van der Waals surface area contributed by atoms with Gasteiger partial charge in [0.2, 0.25) is 0 Å². The molecule has 1 unspecified atom stereocenters. The topological polar surface area (TPSA) is 52.6 Å². The van der Waals surface area contributed by atoms with Crippen LogP contribution >= 0.6 is 0 Å². The predicted molar refractivity (Wildman–Crippen MR) is 112 cm³/mol. The van der Waals surface area contributed by atoms with Gasteiger partial charge >= 0.3 is 11.9 Å². The maximum absolute atomic E-state index is 12.7. The zero-order chi connectivity index (χ0) is 21.5. The molecule has 0 aromatic heterocycles. The van der Waals surface area contributed by atoms with Crippen molar-refractivity contribution in [2.45, 2.75) is 91.9 Å². The standard InChI is InChI=1S/C24H36O4/c1-10-24(9,11-2)21(26)27-14-17-16-12-15(22(3,4)5)13-18(23(6,7)8)19(16)28-20(17)25/h12-13,17H,10-11,14H2,1-9H3. The summed E-state index contributed by atoms with van der Waals surface area (Å²) in [5, 5.41) is 0. The van der Waals surface area contributed by atoms with E-state index >= 15 is 0 Å². The Balaban J connectivity index is 2.43. The van der Waals surface area contributed by atoms with E-state index in [0.29, 0.717) is 18.6 Å². The third-order valence-electron chi connectivity index (χ3n) is 6.09. The van der Waals surface area contributed by atoms with E-state index in [4.69, 9.17) is 9.47 Å². The Morgan fingerprint density at radius 3 is 2.04 bits per heavy atom. The van der Waals surface area contributed by atoms with E-state index < -0.39 is 11.3 Å². The van der Waals surface area contributed by atoms with E-state index in [9.17, 15) is 9.59 Å². The minimum absolute atomic E-state index is 0.0252. The van der Waals surface area contributed by atoms with E-state index in [1.807, 2.05) is 26.8 Å². The lowest BCUT2D eigenvalue weighted by molar-refractivity contribution is -0.157. The molecule has 0 fully saturated rings. The molecule has 1 aromatic rings. The molecule has 0 amide bonds. The van der Waals surface area contributed by atoms with E-state index in [-0.39, 0.29) is 29.4 Å². The SMILES string of the molecule is CCC(C)(CC)C(=O)OCC1C(=O)Oc2c1cc(C(C)(C)C)cc2C(C)(C)C. The summed E-state index contributed by atoms with van der Waals surface area (Å²) in [6.45, 7) is 18.7. The number of carbonyl (C=O) groups excluding carboxylic acids is 2. The van der Waals surface area contributed by atoms with Crippen molar-refractivity contribution in [3.05, 3.63) is 28.8 Å². The summed E-state index contributed by atoms with van der Waals surface area (Å²) in [4.78, 5) is 25.2. The Kier molecular flexibility index (Phi) is 6.04. The van der Waals surface area contributed by atoms with Crippen LogP contribution in [0, 0.1) is 5.41 Å². The van der Waals surface area contributed by atoms with Gasteiger partial charge in [0.15, 0.2) is 0 Å². The molecule has 4 nitrogen and oxygen atoms in total. The zero-order valence-corrected chi connectivity index (χ0v) is 19.0. The number of hydrogen-bond acceptors (Lipinski definition) is 4. The van der Waals surface area contributed by atoms with E-state index in [1.54, 1.807) is 0 Å². The lowest BCUT2D eigenvalue weighted by Crippen LogP contribution is -2.30. The second kappa shape index (κ2) is 7.53. The van der Waals surface area contributed by atoms with Gasteiger partial charge in [-0.3, -0.25) is 9.59 Å². The van der Waals surface area contributed by atoms with Crippen molar-refractivity contribution >= 4 is 11.9 Å². The molecule has 1 aliphatic rings. The molecule has 4 heteroatoms. The predicted octanol–water partition coefficient (Wildman–Crippen LogP) is 5.65. The van der Waals surface area contributed by atoms with Crippen LogP contribution in [0.5, 0.6) is 5.75 Å². The summed E-state index contributed by atoms with van der Waals surface area (Å²) in [5.41, 5.74) is 2.26. The molecule has 0 radical (unpaired) electrons. The smallest absolute Gasteiger partial charge is 0.322 e. The Morgan fingerprint density at radius 1 is 1.00 bits per heavy atom. The molecule has 0 aliphatic carbocycles. The number of fused-ring (bicyclic) bond motifs is 1. The Bertz CT molecular complexity index is 758. The minimum Gasteiger partial charge on any atom is -0.464 e. The lowest BCUT2D eigenvalue weighted by Gasteiger charge is -2.27. The summed E-state index contributed by atoms with van der Waals surface area (Å²) in [6.07, 6.45) is 1.41. The molecule has 28 heavy (non-hydrogen) atoms. The van der Waals surface area contributed by atoms with Crippen LogP contribution in [0.1, 0.15) is 97.8 Å². The molecule has 0 saturated carbocycles. The van der Waals surface area contributed by atoms with Gasteiger partial charge in [0, 0.05) is 11.1 Å². The molecule has 1 atom stereocenters. The summed E-state index contributed by atoms with van der Waals surface area (Å²) in [6, 6.07) is 4.19. The van der Waals surface area contributed by atoms with Crippen LogP contribution in [0.2, 0.25) is 0 Å². The van der Waals surface area contributed by atoms with Crippen molar-refractivity contribution in [1.29, 1.82) is 0 Å². The molecular formula is C24H36O4. The molecule has 1 aliphatic heterocycles. The maximum atomic E-state index is 12.7. The minimum atomic E-state index is -0.569. The second-order valence-corrected chi connectivity index (χ2v) is 10.3. The number of benzene rings is 1. The molecule has 0 saturated heterocycles. The first kappa shape index (κ1) is 22.4. The lowest BCUT2D eigenvalue weighted by atomic mass is 9.78. The first-order valence-corrected chi connectivity index (χ1v) is 10.3. The monoisotopic (exact) mass is 388 g/mol. The first-order valence-electron chi connectivity index (χ1n) is 10.3. The average Bonchev–Trinajstić information content (AvgIpc) is 2.91. The number of rotatable bonds is 5. The fourth-order valence-electron chi connectivity index (χ4n) is 3.34. The molecule has 1 aromatic carbocycles. The Hall–Kier alpha value is -1.84. The van der Waals surface area contributed by atoms with Gasteiger partial charge in [-0.2, -0.15) is 0 Å². The summed E-state index contributed by atoms with van der Waals surface area (Å²) >= 11 is 0. The van der Waals surface area contributed by atoms with E-state index in [1.165, 1.54) is 0 Å². The van der Waals surface area contributed by atoms with Gasteiger partial charge in [-0.15, -0.1) is 0 Å². The average molecular weight is 389 g/mol. The van der Waals surface area contributed by atoms with E-state index in [2.05, 4.69) is 47.6 Å². The summed E-state index contributed by atoms with van der Waals surface area (Å²) in [5.74, 6) is -0.517. The maximum Gasteiger partial charge on any atom is 0.322 e. The van der Waals surface area contributed by atoms with Gasteiger partial charge in [-0.1, -0.05) is 67.5 Å². The van der Waals surface area contributed by atoms with Gasteiger partial charge in [0.05, 0.1) is 5.41 Å². The fraction of sp³-hybridized carbons (Fsp3) is 0.667. The van der Waals surface area contributed by atoms with Crippen LogP contribution in [0.4, 0.5) is 0 Å². The number of hydrogen-bond donors (Lipinski definition) is 0. The van der Waals surface area contributed by atoms with Crippen molar-refractivity contribution in [3.63, 3.8) is 0 Å². The third kappa shape index (κ3) is 4.26. The fourth-order valence-corrected chi connectivity index (χ4v) is 3.34. The van der Waals surface area contributed by atoms with E-state index in [0.717, 1.165) is 16.7 Å². The molecule has 0 N–H and O–H groups in total. The molecule has 0 spiro atoms. The number of carbonyl (C=O) groups is 2. The quantitative estimate of drug-likeness (QED) is 0.483. The highest BCUT2D eigenvalue weighted by molar-refractivity contribution is 5.88. The highest BCUT2D eigenvalue weighted by Gasteiger charge is 2.40. The van der Waals surface area contributed by atoms with Crippen molar-refractivity contribution in [2.24, 2.45) is 5.41 Å². The van der Waals surface area contributed by atoms with Crippen molar-refractivity contribution in [1.82, 2.24) is 0 Å². The summed E-state index contributed by atoms with van der Waals surface area (Å²) in [7, 11) is 0. The molecule has 2 rings (SSSR count). The Labute approximate surface area is 170 Å². The highest BCUT2D eigenvalue weighted by Crippen LogP contribution is 2.45. The van der Waals surface area contributed by atoms with Gasteiger partial charge < -0.3 is 9.47 Å².